The maximum atomic E-state index is 14.9. The molecule has 0 spiro atoms. The molecule has 0 unspecified atom stereocenters. The van der Waals surface area contributed by atoms with Crippen molar-refractivity contribution in [3.8, 4) is 0 Å². The van der Waals surface area contributed by atoms with E-state index in [2.05, 4.69) is 21.2 Å². The zero-order chi connectivity index (χ0) is 55.2. The summed E-state index contributed by atoms with van der Waals surface area (Å²) in [6.45, 7) is 8.17. The van der Waals surface area contributed by atoms with Crippen LogP contribution in [0.2, 0.25) is 20.1 Å². The van der Waals surface area contributed by atoms with Crippen LogP contribution in [0.1, 0.15) is 120 Å². The molecule has 0 bridgehead atoms. The van der Waals surface area contributed by atoms with Crippen LogP contribution < -0.4 is 5.32 Å². The van der Waals surface area contributed by atoms with Gasteiger partial charge < -0.3 is 25.1 Å². The van der Waals surface area contributed by atoms with Crippen molar-refractivity contribution in [3.05, 3.63) is 138 Å². The maximum absolute atomic E-state index is 14.9. The highest BCUT2D eigenvalue weighted by Gasteiger charge is 2.49. The van der Waals surface area contributed by atoms with E-state index in [0.29, 0.717) is 82.5 Å². The van der Waals surface area contributed by atoms with Crippen molar-refractivity contribution >= 4 is 94.9 Å². The molecule has 19 heteroatoms. The standard InChI is InChI=1S/C30H36Cl2FN3O2.C18H26ClN3O.C12H12ClFO2.2ClH/c1-34(2)28(37)23-9-8-20(17-25(23)32)16-21-18-36(19-21)22-10-14-35(15-11-22)29(38)30(12-3-4-13-30)27-24(31)6-5-7-26(27)33;1-21(2)18(23)16-4-3-13(10-17(16)19)9-14-11-22(12-14)15-5-7-20-8-6-15;13-8-4-3-5-9(14)10(8)12(11(15)16)6-1-2-7-12;;/h5-9,17,21-22H,3-4,10-16,18-19H2,1-2H3;3-4,10,14-15,20H,5-9,11-12H2,1-2H3;3-5H,1-2,6-7H2,(H,15,16);2*1H. The van der Waals surface area contributed by atoms with E-state index in [9.17, 15) is 33.1 Å². The molecule has 6 aliphatic rings. The monoisotopic (exact) mass is 1210 g/mol. The molecule has 2 aliphatic carbocycles. The zero-order valence-corrected chi connectivity index (χ0v) is 50.4. The highest BCUT2D eigenvalue weighted by atomic mass is 35.5. The molecular formula is C60H76Cl6F2N6O5. The van der Waals surface area contributed by atoms with Gasteiger partial charge in [-0.3, -0.25) is 29.0 Å². The largest absolute Gasteiger partial charge is 0.481 e. The molecular weight excluding hydrogens is 1140 g/mol. The van der Waals surface area contributed by atoms with Gasteiger partial charge >= 0.3 is 5.97 Å². The number of carbonyl (C=O) groups is 4. The number of benzene rings is 4. The first kappa shape index (κ1) is 64.4. The summed E-state index contributed by atoms with van der Waals surface area (Å²) in [6.07, 6.45) is 12.1. The number of carboxylic acid groups (broad SMARTS) is 1. The molecule has 0 radical (unpaired) electrons. The van der Waals surface area contributed by atoms with Gasteiger partial charge in [-0.1, -0.05) is 96.4 Å². The van der Waals surface area contributed by atoms with Crippen LogP contribution in [0.3, 0.4) is 0 Å². The average molecular weight is 1210 g/mol. The molecule has 0 aromatic heterocycles. The number of likely N-dealkylation sites (tertiary alicyclic amines) is 3. The summed E-state index contributed by atoms with van der Waals surface area (Å²) in [6, 6.07) is 21.9. The first-order chi connectivity index (χ1) is 36.8. The van der Waals surface area contributed by atoms with E-state index < -0.39 is 22.6 Å². The number of aliphatic carboxylic acids is 1. The van der Waals surface area contributed by atoms with Gasteiger partial charge in [0.1, 0.15) is 11.6 Å². The highest BCUT2D eigenvalue weighted by molar-refractivity contribution is 6.34. The quantitative estimate of drug-likeness (QED) is 0.144. The number of piperidine rings is 2. The van der Waals surface area contributed by atoms with Gasteiger partial charge in [0.25, 0.3) is 11.8 Å². The lowest BCUT2D eigenvalue weighted by molar-refractivity contribution is -0.144. The first-order valence-corrected chi connectivity index (χ1v) is 28.9. The predicted molar refractivity (Wildman–Crippen MR) is 317 cm³/mol. The predicted octanol–water partition coefficient (Wildman–Crippen LogP) is 12.3. The normalized spacial score (nSPS) is 19.5. The van der Waals surface area contributed by atoms with Crippen LogP contribution in [-0.4, -0.2) is 146 Å². The van der Waals surface area contributed by atoms with Crippen molar-refractivity contribution in [2.75, 3.05) is 80.5 Å². The van der Waals surface area contributed by atoms with Gasteiger partial charge in [-0.15, -0.1) is 24.8 Å². The fourth-order valence-electron chi connectivity index (χ4n) is 12.9. The van der Waals surface area contributed by atoms with Gasteiger partial charge in [0, 0.05) is 101 Å². The molecule has 4 saturated heterocycles. The summed E-state index contributed by atoms with van der Waals surface area (Å²) in [4.78, 5) is 59.7. The first-order valence-electron chi connectivity index (χ1n) is 27.4. The lowest BCUT2D eigenvalue weighted by atomic mass is 9.76. The minimum Gasteiger partial charge on any atom is -0.481 e. The van der Waals surface area contributed by atoms with E-state index in [0.717, 1.165) is 95.1 Å². The molecule has 4 aliphatic heterocycles. The summed E-state index contributed by atoms with van der Waals surface area (Å²) >= 11 is 25.1. The molecule has 10 rings (SSSR count). The van der Waals surface area contributed by atoms with Crippen molar-refractivity contribution < 1.29 is 33.1 Å². The van der Waals surface area contributed by atoms with Crippen LogP contribution in [0.5, 0.6) is 0 Å². The lowest BCUT2D eigenvalue weighted by Gasteiger charge is -2.48. The Hall–Kier alpha value is -3.76. The Bertz CT molecular complexity index is 2710. The second-order valence-electron chi connectivity index (χ2n) is 22.7. The number of halogens is 8. The van der Waals surface area contributed by atoms with Gasteiger partial charge in [-0.25, -0.2) is 8.78 Å². The van der Waals surface area contributed by atoms with Gasteiger partial charge in [-0.2, -0.15) is 0 Å². The Labute approximate surface area is 497 Å². The topological polar surface area (TPSA) is 117 Å². The van der Waals surface area contributed by atoms with Gasteiger partial charge in [0.2, 0.25) is 5.91 Å². The second-order valence-corrected chi connectivity index (χ2v) is 24.3. The summed E-state index contributed by atoms with van der Waals surface area (Å²) < 4.78 is 28.7. The Kier molecular flexibility index (Phi) is 23.2. The number of hydrogen-bond acceptors (Lipinski definition) is 7. The van der Waals surface area contributed by atoms with E-state index in [-0.39, 0.29) is 58.9 Å². The molecule has 2 saturated carbocycles. The zero-order valence-electron chi connectivity index (χ0n) is 45.7. The smallest absolute Gasteiger partial charge is 0.314 e. The van der Waals surface area contributed by atoms with Crippen molar-refractivity contribution in [2.24, 2.45) is 11.8 Å². The van der Waals surface area contributed by atoms with Crippen molar-refractivity contribution in [3.63, 3.8) is 0 Å². The Morgan fingerprint density at radius 2 is 0.975 bits per heavy atom. The number of hydrogen-bond donors (Lipinski definition) is 2. The number of rotatable bonds is 12. The number of carboxylic acids is 1. The average Bonchev–Trinajstić information content (AvgIpc) is 4.21. The third kappa shape index (κ3) is 14.7. The van der Waals surface area contributed by atoms with E-state index in [1.807, 2.05) is 35.2 Å². The van der Waals surface area contributed by atoms with Crippen LogP contribution in [0.25, 0.3) is 0 Å². The van der Waals surface area contributed by atoms with E-state index in [1.54, 1.807) is 51.3 Å². The molecule has 4 aromatic carbocycles. The van der Waals surface area contributed by atoms with Crippen LogP contribution in [0.15, 0.2) is 72.8 Å². The molecule has 432 valence electrons. The van der Waals surface area contributed by atoms with Gasteiger partial charge in [0.05, 0.1) is 32.0 Å². The van der Waals surface area contributed by atoms with Crippen molar-refractivity contribution in [1.82, 2.24) is 29.8 Å². The molecule has 11 nitrogen and oxygen atoms in total. The van der Waals surface area contributed by atoms with E-state index in [1.165, 1.54) is 54.6 Å². The summed E-state index contributed by atoms with van der Waals surface area (Å²) in [7, 11) is 6.94. The summed E-state index contributed by atoms with van der Waals surface area (Å²) in [5.74, 6) is -0.653. The van der Waals surface area contributed by atoms with Gasteiger partial charge in [-0.05, 0) is 149 Å². The highest BCUT2D eigenvalue weighted by Crippen LogP contribution is 2.48. The number of nitrogens with zero attached hydrogens (tertiary/aromatic N) is 5. The maximum Gasteiger partial charge on any atom is 0.314 e. The molecule has 79 heavy (non-hydrogen) atoms. The number of amides is 3. The van der Waals surface area contributed by atoms with Crippen LogP contribution in [0, 0.1) is 23.5 Å². The van der Waals surface area contributed by atoms with Crippen molar-refractivity contribution in [1.29, 1.82) is 0 Å². The summed E-state index contributed by atoms with van der Waals surface area (Å²) in [5, 5.41) is 14.4. The van der Waals surface area contributed by atoms with Gasteiger partial charge in [0.15, 0.2) is 0 Å². The van der Waals surface area contributed by atoms with E-state index >= 15 is 0 Å². The SMILES string of the molecule is CN(C)C(=O)c1ccc(CC2CN(C3CCN(C(=O)C4(c5c(F)cccc5Cl)CCCC4)CC3)C2)cc1Cl.CN(C)C(=O)c1ccc(CC2CN(C3CCNCC3)C2)cc1Cl.Cl.Cl.O=C(O)C1(c2c(F)cccc2Cl)CCCC1. The number of carbonyl (C=O) groups excluding carboxylic acids is 3. The fourth-order valence-corrected chi connectivity index (χ4v) is 14.1. The van der Waals surface area contributed by atoms with E-state index in [4.69, 9.17) is 46.4 Å². The number of nitrogens with one attached hydrogen (secondary N) is 1. The second kappa shape index (κ2) is 28.5. The third-order valence-electron chi connectivity index (χ3n) is 17.1. The van der Waals surface area contributed by atoms with Crippen LogP contribution >= 0.6 is 71.2 Å². The summed E-state index contributed by atoms with van der Waals surface area (Å²) in [5.41, 5.74) is 2.12. The molecule has 6 fully saturated rings. The minimum absolute atomic E-state index is 0. The minimum atomic E-state index is -1.12. The lowest BCUT2D eigenvalue weighted by Crippen LogP contribution is -2.57. The van der Waals surface area contributed by atoms with Crippen LogP contribution in [-0.2, 0) is 33.3 Å². The van der Waals surface area contributed by atoms with Crippen molar-refractivity contribution in [2.45, 2.75) is 113 Å². The molecule has 4 aromatic rings. The van der Waals surface area contributed by atoms with Crippen LogP contribution in [0.4, 0.5) is 8.78 Å². The molecule has 0 atom stereocenters. The molecule has 4 heterocycles. The molecule has 2 N–H and O–H groups in total. The Morgan fingerprint density at radius 3 is 1.35 bits per heavy atom. The Morgan fingerprint density at radius 1 is 0.582 bits per heavy atom. The molecule has 3 amide bonds. The fraction of sp³-hybridized carbons (Fsp3) is 0.533. The Balaban J connectivity index is 0.000000209. The third-order valence-corrected chi connectivity index (χ3v) is 18.3.